The summed E-state index contributed by atoms with van der Waals surface area (Å²) in [5, 5.41) is 10.0. The van der Waals surface area contributed by atoms with Gasteiger partial charge in [0.15, 0.2) is 0 Å². The Kier molecular flexibility index (Phi) is 5.32. The average Bonchev–Trinajstić information content (AvgIpc) is 2.27. The van der Waals surface area contributed by atoms with Crippen molar-refractivity contribution in [3.8, 4) is 0 Å². The van der Waals surface area contributed by atoms with Gasteiger partial charge < -0.3 is 5.11 Å². The van der Waals surface area contributed by atoms with Crippen molar-refractivity contribution in [1.29, 1.82) is 0 Å². The first-order valence-electron chi connectivity index (χ1n) is 6.48. The number of aliphatic hydroxyl groups excluding tert-OH is 1. The fraction of sp³-hybridized carbons (Fsp3) is 0.600. The lowest BCUT2D eigenvalue weighted by Gasteiger charge is -2.21. The third kappa shape index (κ3) is 5.17. The highest BCUT2D eigenvalue weighted by molar-refractivity contribution is 5.26. The van der Waals surface area contributed by atoms with Crippen molar-refractivity contribution in [3.05, 3.63) is 35.4 Å². The number of aliphatic hydroxyl groups is 1. The molecular weight excluding hydrogens is 226 g/mol. The predicted octanol–water partition coefficient (Wildman–Crippen LogP) is 3.16. The molecular formula is C15H25NO2. The van der Waals surface area contributed by atoms with E-state index < -0.39 is 6.10 Å². The maximum atomic E-state index is 10.0. The molecule has 0 spiro atoms. The Morgan fingerprint density at radius 3 is 2.06 bits per heavy atom. The van der Waals surface area contributed by atoms with Crippen molar-refractivity contribution in [2.24, 2.45) is 0 Å². The van der Waals surface area contributed by atoms with Crippen LogP contribution in [0.2, 0.25) is 0 Å². The molecule has 1 rings (SSSR count). The molecule has 0 saturated heterocycles. The molecule has 0 aliphatic rings. The van der Waals surface area contributed by atoms with Gasteiger partial charge in [0.1, 0.15) is 0 Å². The van der Waals surface area contributed by atoms with Gasteiger partial charge in [0, 0.05) is 0 Å². The van der Waals surface area contributed by atoms with Gasteiger partial charge in [0.05, 0.1) is 18.2 Å². The summed E-state index contributed by atoms with van der Waals surface area (Å²) in [7, 11) is 0. The lowest BCUT2D eigenvalue weighted by molar-refractivity contribution is -0.0834. The molecule has 2 N–H and O–H groups in total. The van der Waals surface area contributed by atoms with Crippen LogP contribution < -0.4 is 5.48 Å². The molecule has 1 aromatic rings. The van der Waals surface area contributed by atoms with E-state index in [1.165, 1.54) is 5.56 Å². The van der Waals surface area contributed by atoms with Gasteiger partial charge in [-0.2, -0.15) is 5.48 Å². The predicted molar refractivity (Wildman–Crippen MR) is 74.3 cm³/mol. The molecule has 0 amide bonds. The number of hydrogen-bond acceptors (Lipinski definition) is 3. The van der Waals surface area contributed by atoms with Crippen LogP contribution >= 0.6 is 0 Å². The molecule has 1 unspecified atom stereocenters. The molecule has 1 aromatic carbocycles. The van der Waals surface area contributed by atoms with Crippen molar-refractivity contribution in [2.75, 3.05) is 6.54 Å². The topological polar surface area (TPSA) is 41.5 Å². The largest absolute Gasteiger partial charge is 0.387 e. The minimum absolute atomic E-state index is 0.249. The zero-order chi connectivity index (χ0) is 13.8. The van der Waals surface area contributed by atoms with Gasteiger partial charge in [0.25, 0.3) is 0 Å². The van der Waals surface area contributed by atoms with Gasteiger partial charge in [-0.25, -0.2) is 0 Å². The van der Waals surface area contributed by atoms with Crippen molar-refractivity contribution in [2.45, 2.75) is 52.2 Å². The minimum Gasteiger partial charge on any atom is -0.387 e. The Labute approximate surface area is 110 Å². The number of nitrogens with one attached hydrogen (secondary N) is 1. The molecule has 0 aliphatic heterocycles. The Morgan fingerprint density at radius 1 is 1.11 bits per heavy atom. The van der Waals surface area contributed by atoms with Gasteiger partial charge in [-0.05, 0) is 37.8 Å². The second-order valence-electron chi connectivity index (χ2n) is 5.90. The fourth-order valence-corrected chi connectivity index (χ4v) is 1.56. The highest BCUT2D eigenvalue weighted by Crippen LogP contribution is 2.18. The normalized spacial score (nSPS) is 13.9. The maximum Gasteiger partial charge on any atom is 0.0937 e. The highest BCUT2D eigenvalue weighted by Gasteiger charge is 2.12. The molecule has 0 fully saturated rings. The van der Waals surface area contributed by atoms with E-state index in [4.69, 9.17) is 4.84 Å². The van der Waals surface area contributed by atoms with Crippen LogP contribution in [0.4, 0.5) is 0 Å². The second-order valence-corrected chi connectivity index (χ2v) is 5.90. The summed E-state index contributed by atoms with van der Waals surface area (Å²) in [6.45, 7) is 10.6. The molecule has 1 atom stereocenters. The lowest BCUT2D eigenvalue weighted by atomic mass is 10.00. The molecule has 0 aliphatic carbocycles. The Hall–Kier alpha value is -0.900. The van der Waals surface area contributed by atoms with Crippen LogP contribution in [0.1, 0.15) is 57.8 Å². The third-order valence-corrected chi connectivity index (χ3v) is 2.64. The first kappa shape index (κ1) is 15.2. The van der Waals surface area contributed by atoms with E-state index in [-0.39, 0.29) is 5.60 Å². The first-order valence-corrected chi connectivity index (χ1v) is 6.48. The van der Waals surface area contributed by atoms with Gasteiger partial charge in [-0.1, -0.05) is 38.1 Å². The maximum absolute atomic E-state index is 10.0. The summed E-state index contributed by atoms with van der Waals surface area (Å²) < 4.78 is 0. The van der Waals surface area contributed by atoms with E-state index in [9.17, 15) is 5.11 Å². The van der Waals surface area contributed by atoms with Crippen LogP contribution in [0.3, 0.4) is 0 Å². The highest BCUT2D eigenvalue weighted by atomic mass is 16.7. The average molecular weight is 251 g/mol. The number of hydrogen-bond donors (Lipinski definition) is 2. The first-order chi connectivity index (χ1) is 8.29. The number of hydroxylamine groups is 1. The number of benzene rings is 1. The molecule has 3 nitrogen and oxygen atoms in total. The van der Waals surface area contributed by atoms with Crippen molar-refractivity contribution < 1.29 is 9.94 Å². The number of rotatable bonds is 5. The molecule has 18 heavy (non-hydrogen) atoms. The smallest absolute Gasteiger partial charge is 0.0937 e. The van der Waals surface area contributed by atoms with Crippen LogP contribution in [0.25, 0.3) is 0 Å². The summed E-state index contributed by atoms with van der Waals surface area (Å²) in [6, 6.07) is 8.07. The third-order valence-electron chi connectivity index (χ3n) is 2.64. The zero-order valence-electron chi connectivity index (χ0n) is 12.0. The van der Waals surface area contributed by atoms with Gasteiger partial charge in [-0.15, -0.1) is 0 Å². The van der Waals surface area contributed by atoms with Crippen LogP contribution in [-0.2, 0) is 4.84 Å². The van der Waals surface area contributed by atoms with Gasteiger partial charge in [-0.3, -0.25) is 4.84 Å². The Morgan fingerprint density at radius 2 is 1.61 bits per heavy atom. The lowest BCUT2D eigenvalue weighted by Crippen LogP contribution is -2.31. The van der Waals surface area contributed by atoms with E-state index in [1.807, 2.05) is 32.9 Å². The van der Waals surface area contributed by atoms with Crippen LogP contribution in [0.15, 0.2) is 24.3 Å². The van der Waals surface area contributed by atoms with Crippen molar-refractivity contribution >= 4 is 0 Å². The van der Waals surface area contributed by atoms with Crippen LogP contribution in [0.5, 0.6) is 0 Å². The van der Waals surface area contributed by atoms with Gasteiger partial charge in [0.2, 0.25) is 0 Å². The van der Waals surface area contributed by atoms with E-state index in [1.54, 1.807) is 0 Å². The summed E-state index contributed by atoms with van der Waals surface area (Å²) >= 11 is 0. The summed E-state index contributed by atoms with van der Waals surface area (Å²) in [5.41, 5.74) is 4.75. The summed E-state index contributed by atoms with van der Waals surface area (Å²) in [4.78, 5) is 5.37. The van der Waals surface area contributed by atoms with Crippen molar-refractivity contribution in [3.63, 3.8) is 0 Å². The Balaban J connectivity index is 2.49. The fourth-order valence-electron chi connectivity index (χ4n) is 1.56. The molecule has 102 valence electrons. The zero-order valence-corrected chi connectivity index (χ0v) is 12.0. The van der Waals surface area contributed by atoms with Crippen LogP contribution in [-0.4, -0.2) is 17.3 Å². The van der Waals surface area contributed by atoms with Crippen LogP contribution in [0, 0.1) is 0 Å². The van der Waals surface area contributed by atoms with Crippen molar-refractivity contribution in [1.82, 2.24) is 5.48 Å². The Bertz CT molecular complexity index is 352. The summed E-state index contributed by atoms with van der Waals surface area (Å²) in [6.07, 6.45) is -0.548. The standard InChI is InChI=1S/C15H25NO2/c1-11(2)12-6-8-13(9-7-12)14(17)10-16-18-15(3,4)5/h6-9,11,14,16-17H,10H2,1-5H3. The minimum atomic E-state index is -0.548. The quantitative estimate of drug-likeness (QED) is 0.790. The van der Waals surface area contributed by atoms with E-state index >= 15 is 0 Å². The summed E-state index contributed by atoms with van der Waals surface area (Å²) in [5.74, 6) is 0.513. The molecule has 0 aromatic heterocycles. The SMILES string of the molecule is CC(C)c1ccc(C(O)CNOC(C)(C)C)cc1. The molecule has 3 heteroatoms. The van der Waals surface area contributed by atoms with E-state index in [0.717, 1.165) is 5.56 Å². The second kappa shape index (κ2) is 6.32. The van der Waals surface area contributed by atoms with Gasteiger partial charge >= 0.3 is 0 Å². The van der Waals surface area contributed by atoms with E-state index in [0.29, 0.717) is 12.5 Å². The monoisotopic (exact) mass is 251 g/mol. The molecule has 0 bridgehead atoms. The molecule has 0 heterocycles. The molecule has 0 radical (unpaired) electrons. The molecule has 0 saturated carbocycles. The van der Waals surface area contributed by atoms with E-state index in [2.05, 4.69) is 31.5 Å².